The van der Waals surface area contributed by atoms with Crippen LogP contribution >= 0.6 is 0 Å². The Hall–Kier alpha value is -1.99. The second-order valence-electron chi connectivity index (χ2n) is 9.09. The minimum absolute atomic E-state index is 0.375. The molecule has 1 aromatic rings. The summed E-state index contributed by atoms with van der Waals surface area (Å²) in [4.78, 5) is 12.4. The number of anilines is 1. The summed E-state index contributed by atoms with van der Waals surface area (Å²) in [7, 11) is 1.71. The largest absolute Gasteiger partial charge is 0.497 e. The molecule has 1 atom stereocenters. The minimum Gasteiger partial charge on any atom is -0.497 e. The van der Waals surface area contributed by atoms with Crippen LogP contribution in [0.25, 0.3) is 0 Å². The molecule has 0 radical (unpaired) electrons. The van der Waals surface area contributed by atoms with Gasteiger partial charge in [0, 0.05) is 76.6 Å². The van der Waals surface area contributed by atoms with Crippen LogP contribution in [0.3, 0.4) is 0 Å². The Morgan fingerprint density at radius 1 is 1.13 bits per heavy atom. The van der Waals surface area contributed by atoms with Crippen molar-refractivity contribution >= 4 is 11.6 Å². The third-order valence-corrected chi connectivity index (χ3v) is 6.96. The number of piperazine rings is 1. The molecule has 3 heterocycles. The van der Waals surface area contributed by atoms with Crippen molar-refractivity contribution in [1.29, 1.82) is 0 Å². The van der Waals surface area contributed by atoms with Gasteiger partial charge in [-0.05, 0) is 50.5 Å². The fourth-order valence-corrected chi connectivity index (χ4v) is 5.02. The zero-order chi connectivity index (χ0) is 21.5. The summed E-state index contributed by atoms with van der Waals surface area (Å²) in [6, 6.07) is 8.41. The topological polar surface area (TPSA) is 52.6 Å². The summed E-state index contributed by atoms with van der Waals surface area (Å²) in [5.74, 6) is 2.01. The SMILES string of the molecule is CCNC(=NCCCN1CCN(c2ccc(OC)cc2)CC1)N1CCC2(CCOC2)C1. The maximum absolute atomic E-state index is 5.68. The zero-order valence-electron chi connectivity index (χ0n) is 19.3. The second kappa shape index (κ2) is 10.6. The van der Waals surface area contributed by atoms with Crippen molar-refractivity contribution in [3.63, 3.8) is 0 Å². The van der Waals surface area contributed by atoms with Crippen LogP contribution in [-0.2, 0) is 4.74 Å². The van der Waals surface area contributed by atoms with Crippen molar-refractivity contribution in [2.24, 2.45) is 10.4 Å². The molecule has 4 rings (SSSR count). The lowest BCUT2D eigenvalue weighted by Gasteiger charge is -2.36. The highest BCUT2D eigenvalue weighted by atomic mass is 16.5. The number of methoxy groups -OCH3 is 1. The lowest BCUT2D eigenvalue weighted by atomic mass is 9.87. The Balaban J connectivity index is 1.19. The molecule has 7 nitrogen and oxygen atoms in total. The molecular weight excluding hydrogens is 390 g/mol. The number of hydrogen-bond donors (Lipinski definition) is 1. The molecule has 3 aliphatic rings. The number of rotatable bonds is 7. The van der Waals surface area contributed by atoms with Gasteiger partial charge in [-0.3, -0.25) is 9.89 Å². The molecule has 7 heteroatoms. The van der Waals surface area contributed by atoms with Crippen LogP contribution in [0.2, 0.25) is 0 Å². The molecule has 172 valence electrons. The van der Waals surface area contributed by atoms with Crippen molar-refractivity contribution in [2.75, 3.05) is 84.1 Å². The highest BCUT2D eigenvalue weighted by Gasteiger charge is 2.42. The van der Waals surface area contributed by atoms with Crippen molar-refractivity contribution in [3.8, 4) is 5.75 Å². The maximum Gasteiger partial charge on any atom is 0.193 e. The van der Waals surface area contributed by atoms with Crippen LogP contribution in [0.5, 0.6) is 5.75 Å². The highest BCUT2D eigenvalue weighted by Crippen LogP contribution is 2.38. The maximum atomic E-state index is 5.68. The molecule has 1 unspecified atom stereocenters. The van der Waals surface area contributed by atoms with Gasteiger partial charge < -0.3 is 24.6 Å². The normalized spacial score (nSPS) is 24.9. The first-order chi connectivity index (χ1) is 15.2. The van der Waals surface area contributed by atoms with E-state index in [0.717, 1.165) is 90.2 Å². The van der Waals surface area contributed by atoms with Crippen molar-refractivity contribution in [2.45, 2.75) is 26.2 Å². The smallest absolute Gasteiger partial charge is 0.193 e. The van der Waals surface area contributed by atoms with E-state index in [0.29, 0.717) is 5.41 Å². The van der Waals surface area contributed by atoms with Gasteiger partial charge in [0.15, 0.2) is 5.96 Å². The van der Waals surface area contributed by atoms with Crippen LogP contribution in [0.1, 0.15) is 26.2 Å². The molecule has 1 spiro atoms. The number of likely N-dealkylation sites (tertiary alicyclic amines) is 1. The van der Waals surface area contributed by atoms with Crippen LogP contribution < -0.4 is 15.0 Å². The van der Waals surface area contributed by atoms with Crippen LogP contribution in [0.15, 0.2) is 29.3 Å². The molecule has 1 N–H and O–H groups in total. The lowest BCUT2D eigenvalue weighted by Crippen LogP contribution is -2.46. The molecule has 3 saturated heterocycles. The van der Waals surface area contributed by atoms with E-state index in [1.165, 1.54) is 18.5 Å². The first kappa shape index (κ1) is 22.2. The predicted octanol–water partition coefficient (Wildman–Crippen LogP) is 2.29. The molecule has 0 amide bonds. The van der Waals surface area contributed by atoms with E-state index in [1.807, 2.05) is 12.1 Å². The van der Waals surface area contributed by atoms with E-state index in [4.69, 9.17) is 14.5 Å². The van der Waals surface area contributed by atoms with Gasteiger partial charge in [0.1, 0.15) is 5.75 Å². The van der Waals surface area contributed by atoms with Gasteiger partial charge in [0.2, 0.25) is 0 Å². The first-order valence-corrected chi connectivity index (χ1v) is 11.9. The third-order valence-electron chi connectivity index (χ3n) is 6.96. The van der Waals surface area contributed by atoms with E-state index in [-0.39, 0.29) is 0 Å². The second-order valence-corrected chi connectivity index (χ2v) is 9.09. The summed E-state index contributed by atoms with van der Waals surface area (Å²) in [5.41, 5.74) is 1.66. The van der Waals surface area contributed by atoms with Crippen LogP contribution in [0, 0.1) is 5.41 Å². The molecule has 0 bridgehead atoms. The molecular formula is C24H39N5O2. The van der Waals surface area contributed by atoms with Gasteiger partial charge in [-0.1, -0.05) is 0 Å². The lowest BCUT2D eigenvalue weighted by molar-refractivity contribution is 0.156. The number of hydrogen-bond acceptors (Lipinski definition) is 5. The molecule has 0 aromatic heterocycles. The highest BCUT2D eigenvalue weighted by molar-refractivity contribution is 5.80. The standard InChI is InChI=1S/C24H39N5O2/c1-3-25-23(29-13-9-24(19-29)10-18-31-20-24)26-11-4-12-27-14-16-28(17-15-27)21-5-7-22(30-2)8-6-21/h5-8H,3-4,9-20H2,1-2H3,(H,25,26). The monoisotopic (exact) mass is 429 g/mol. The van der Waals surface area contributed by atoms with Gasteiger partial charge in [0.25, 0.3) is 0 Å². The fourth-order valence-electron chi connectivity index (χ4n) is 5.02. The Kier molecular flexibility index (Phi) is 7.56. The average Bonchev–Trinajstić information content (AvgIpc) is 3.46. The predicted molar refractivity (Wildman–Crippen MR) is 126 cm³/mol. The number of benzene rings is 1. The summed E-state index contributed by atoms with van der Waals surface area (Å²) in [6.07, 6.45) is 3.54. The Bertz CT molecular complexity index is 709. The van der Waals surface area contributed by atoms with E-state index in [1.54, 1.807) is 7.11 Å². The Morgan fingerprint density at radius 2 is 1.94 bits per heavy atom. The minimum atomic E-state index is 0.375. The summed E-state index contributed by atoms with van der Waals surface area (Å²) in [5, 5.41) is 3.51. The Labute approximate surface area is 187 Å². The zero-order valence-corrected chi connectivity index (χ0v) is 19.3. The van der Waals surface area contributed by atoms with Crippen LogP contribution in [0.4, 0.5) is 5.69 Å². The molecule has 31 heavy (non-hydrogen) atoms. The fraction of sp³-hybridized carbons (Fsp3) is 0.708. The summed E-state index contributed by atoms with van der Waals surface area (Å²) in [6.45, 7) is 13.5. The average molecular weight is 430 g/mol. The van der Waals surface area contributed by atoms with E-state index in [9.17, 15) is 0 Å². The van der Waals surface area contributed by atoms with E-state index < -0.39 is 0 Å². The van der Waals surface area contributed by atoms with Gasteiger partial charge in [0.05, 0.1) is 13.7 Å². The molecule has 1 aromatic carbocycles. The van der Waals surface area contributed by atoms with Crippen molar-refractivity contribution in [1.82, 2.24) is 15.1 Å². The molecule has 3 fully saturated rings. The van der Waals surface area contributed by atoms with Crippen molar-refractivity contribution < 1.29 is 9.47 Å². The first-order valence-electron chi connectivity index (χ1n) is 11.9. The van der Waals surface area contributed by atoms with Crippen molar-refractivity contribution in [3.05, 3.63) is 24.3 Å². The molecule has 0 saturated carbocycles. The van der Waals surface area contributed by atoms with Gasteiger partial charge in [-0.2, -0.15) is 0 Å². The quantitative estimate of drug-likeness (QED) is 0.408. The number of aliphatic imine (C=N–C) groups is 1. The Morgan fingerprint density at radius 3 is 2.61 bits per heavy atom. The third kappa shape index (κ3) is 5.63. The molecule has 0 aliphatic carbocycles. The number of ether oxygens (including phenoxy) is 2. The van der Waals surface area contributed by atoms with Gasteiger partial charge in [-0.15, -0.1) is 0 Å². The van der Waals surface area contributed by atoms with E-state index in [2.05, 4.69) is 39.1 Å². The summed E-state index contributed by atoms with van der Waals surface area (Å²) < 4.78 is 10.9. The van der Waals surface area contributed by atoms with E-state index >= 15 is 0 Å². The number of guanidine groups is 1. The molecule has 3 aliphatic heterocycles. The summed E-state index contributed by atoms with van der Waals surface area (Å²) >= 11 is 0. The van der Waals surface area contributed by atoms with Gasteiger partial charge in [-0.25, -0.2) is 0 Å². The van der Waals surface area contributed by atoms with Gasteiger partial charge >= 0.3 is 0 Å². The number of nitrogens with one attached hydrogen (secondary N) is 1. The number of nitrogens with zero attached hydrogens (tertiary/aromatic N) is 4. The van der Waals surface area contributed by atoms with Crippen LogP contribution in [-0.4, -0.2) is 95.0 Å².